The predicted molar refractivity (Wildman–Crippen MR) is 64.7 cm³/mol. The molecule has 3 N–H and O–H groups in total. The Morgan fingerprint density at radius 2 is 2.06 bits per heavy atom. The van der Waals surface area contributed by atoms with E-state index in [1.54, 1.807) is 19.2 Å². The first-order chi connectivity index (χ1) is 8.22. The van der Waals surface area contributed by atoms with Gasteiger partial charge in [-0.1, -0.05) is 12.1 Å². The number of aromatic hydroxyl groups is 1. The Morgan fingerprint density at radius 3 is 2.71 bits per heavy atom. The molecule has 0 fully saturated rings. The molecule has 0 radical (unpaired) electrons. The summed E-state index contributed by atoms with van der Waals surface area (Å²) in [6.45, 7) is 1.91. The van der Waals surface area contributed by atoms with E-state index >= 15 is 0 Å². The van der Waals surface area contributed by atoms with E-state index < -0.39 is 0 Å². The van der Waals surface area contributed by atoms with Crippen molar-refractivity contribution in [3.8, 4) is 5.75 Å². The molecule has 1 aromatic rings. The van der Waals surface area contributed by atoms with Crippen LogP contribution in [0.5, 0.6) is 5.75 Å². The fourth-order valence-corrected chi connectivity index (χ4v) is 1.29. The van der Waals surface area contributed by atoms with Crippen LogP contribution in [0.2, 0.25) is 0 Å². The average molecular weight is 238 g/mol. The lowest BCUT2D eigenvalue weighted by Gasteiger charge is -2.06. The second-order valence-corrected chi connectivity index (χ2v) is 3.61. The van der Waals surface area contributed by atoms with Gasteiger partial charge in [-0.05, 0) is 17.7 Å². The minimum atomic E-state index is -0.0548. The smallest absolute Gasteiger partial charge is 0.234 e. The number of hydrogen-bond acceptors (Lipinski definition) is 4. The van der Waals surface area contributed by atoms with Crippen molar-refractivity contribution in [2.75, 3.05) is 26.8 Å². The first-order valence-corrected chi connectivity index (χ1v) is 5.46. The van der Waals surface area contributed by atoms with Gasteiger partial charge in [-0.2, -0.15) is 0 Å². The summed E-state index contributed by atoms with van der Waals surface area (Å²) in [7, 11) is 1.59. The molecule has 0 saturated heterocycles. The van der Waals surface area contributed by atoms with E-state index in [4.69, 9.17) is 9.84 Å². The van der Waals surface area contributed by atoms with Crippen molar-refractivity contribution in [1.82, 2.24) is 10.6 Å². The van der Waals surface area contributed by atoms with Gasteiger partial charge in [0.05, 0.1) is 13.2 Å². The standard InChI is InChI=1S/C12H18N2O3/c1-17-7-6-14-12(16)9-13-8-10-2-4-11(15)5-3-10/h2-5,13,15H,6-9H2,1H3,(H,14,16). The molecule has 0 saturated carbocycles. The van der Waals surface area contributed by atoms with Crippen molar-refractivity contribution in [2.24, 2.45) is 0 Å². The third kappa shape index (κ3) is 5.89. The maximum atomic E-state index is 11.3. The van der Waals surface area contributed by atoms with Crippen LogP contribution in [0.4, 0.5) is 0 Å². The molecule has 0 spiro atoms. The summed E-state index contributed by atoms with van der Waals surface area (Å²) >= 11 is 0. The number of phenolic OH excluding ortho intramolecular Hbond substituents is 1. The zero-order valence-electron chi connectivity index (χ0n) is 9.90. The molecule has 0 heterocycles. The number of carbonyl (C=O) groups is 1. The topological polar surface area (TPSA) is 70.6 Å². The van der Waals surface area contributed by atoms with Gasteiger partial charge in [0.2, 0.25) is 5.91 Å². The molecule has 0 aliphatic carbocycles. The summed E-state index contributed by atoms with van der Waals surface area (Å²) in [5.41, 5.74) is 1.02. The van der Waals surface area contributed by atoms with E-state index in [0.717, 1.165) is 5.56 Å². The van der Waals surface area contributed by atoms with E-state index in [-0.39, 0.29) is 18.2 Å². The monoisotopic (exact) mass is 238 g/mol. The van der Waals surface area contributed by atoms with Gasteiger partial charge in [0.15, 0.2) is 0 Å². The number of amides is 1. The highest BCUT2D eigenvalue weighted by Gasteiger charge is 1.99. The van der Waals surface area contributed by atoms with E-state index in [1.807, 2.05) is 12.1 Å². The number of rotatable bonds is 7. The quantitative estimate of drug-likeness (QED) is 0.595. The molecular formula is C12H18N2O3. The van der Waals surface area contributed by atoms with Crippen LogP contribution in [0.3, 0.4) is 0 Å². The molecule has 0 bridgehead atoms. The molecule has 5 heteroatoms. The first kappa shape index (κ1) is 13.5. The van der Waals surface area contributed by atoms with Gasteiger partial charge in [0.1, 0.15) is 5.75 Å². The molecule has 0 atom stereocenters. The summed E-state index contributed by atoms with van der Waals surface area (Å²) in [6, 6.07) is 6.86. The fourth-order valence-electron chi connectivity index (χ4n) is 1.29. The van der Waals surface area contributed by atoms with Crippen LogP contribution >= 0.6 is 0 Å². The van der Waals surface area contributed by atoms with Gasteiger partial charge >= 0.3 is 0 Å². The van der Waals surface area contributed by atoms with Crippen LogP contribution in [-0.2, 0) is 16.1 Å². The van der Waals surface area contributed by atoms with Crippen molar-refractivity contribution in [3.05, 3.63) is 29.8 Å². The molecule has 1 amide bonds. The van der Waals surface area contributed by atoms with Crippen molar-refractivity contribution >= 4 is 5.91 Å². The Labute approximate surface area is 101 Å². The SMILES string of the molecule is COCCNC(=O)CNCc1ccc(O)cc1. The Bertz CT molecular complexity index is 338. The molecule has 0 unspecified atom stereocenters. The lowest BCUT2D eigenvalue weighted by atomic mass is 10.2. The Kier molecular flexibility index (Phi) is 6.06. The molecule has 0 aliphatic heterocycles. The second-order valence-electron chi connectivity index (χ2n) is 3.61. The number of ether oxygens (including phenoxy) is 1. The maximum absolute atomic E-state index is 11.3. The lowest BCUT2D eigenvalue weighted by Crippen LogP contribution is -2.35. The highest BCUT2D eigenvalue weighted by molar-refractivity contribution is 5.77. The number of nitrogens with one attached hydrogen (secondary N) is 2. The molecule has 0 aliphatic rings. The number of methoxy groups -OCH3 is 1. The van der Waals surface area contributed by atoms with Gasteiger partial charge in [0.25, 0.3) is 0 Å². The summed E-state index contributed by atoms with van der Waals surface area (Å²) in [5.74, 6) is 0.187. The van der Waals surface area contributed by atoms with Gasteiger partial charge in [-0.3, -0.25) is 4.79 Å². The second kappa shape index (κ2) is 7.65. The molecule has 1 rings (SSSR count). The highest BCUT2D eigenvalue weighted by Crippen LogP contribution is 2.08. The molecule has 94 valence electrons. The zero-order valence-corrected chi connectivity index (χ0v) is 9.90. The minimum absolute atomic E-state index is 0.0548. The van der Waals surface area contributed by atoms with Crippen molar-refractivity contribution in [3.63, 3.8) is 0 Å². The number of benzene rings is 1. The van der Waals surface area contributed by atoms with Crippen LogP contribution in [0, 0.1) is 0 Å². The van der Waals surface area contributed by atoms with Gasteiger partial charge in [0, 0.05) is 20.2 Å². The van der Waals surface area contributed by atoms with Gasteiger partial charge in [-0.25, -0.2) is 0 Å². The number of hydrogen-bond donors (Lipinski definition) is 3. The maximum Gasteiger partial charge on any atom is 0.234 e. The molecular weight excluding hydrogens is 220 g/mol. The van der Waals surface area contributed by atoms with Gasteiger partial charge < -0.3 is 20.5 Å². The first-order valence-electron chi connectivity index (χ1n) is 5.46. The third-order valence-electron chi connectivity index (χ3n) is 2.18. The van der Waals surface area contributed by atoms with Crippen LogP contribution in [0.15, 0.2) is 24.3 Å². The Morgan fingerprint density at radius 1 is 1.35 bits per heavy atom. The van der Waals surface area contributed by atoms with E-state index in [9.17, 15) is 4.79 Å². The molecule has 1 aromatic carbocycles. The lowest BCUT2D eigenvalue weighted by molar-refractivity contribution is -0.120. The van der Waals surface area contributed by atoms with Crippen molar-refractivity contribution < 1.29 is 14.6 Å². The number of phenols is 1. The predicted octanol–water partition coefficient (Wildman–Crippen LogP) is 0.244. The normalized spacial score (nSPS) is 10.2. The van der Waals surface area contributed by atoms with Crippen LogP contribution in [0.25, 0.3) is 0 Å². The van der Waals surface area contributed by atoms with E-state index in [0.29, 0.717) is 19.7 Å². The Hall–Kier alpha value is -1.59. The van der Waals surface area contributed by atoms with Crippen LogP contribution in [-0.4, -0.2) is 37.8 Å². The largest absolute Gasteiger partial charge is 0.508 e. The average Bonchev–Trinajstić information content (AvgIpc) is 2.32. The molecule has 17 heavy (non-hydrogen) atoms. The van der Waals surface area contributed by atoms with Crippen LogP contribution in [0.1, 0.15) is 5.56 Å². The minimum Gasteiger partial charge on any atom is -0.508 e. The van der Waals surface area contributed by atoms with E-state index in [1.165, 1.54) is 0 Å². The number of carbonyl (C=O) groups excluding carboxylic acids is 1. The summed E-state index contributed by atoms with van der Waals surface area (Å²) in [6.07, 6.45) is 0. The molecule has 0 aromatic heterocycles. The molecule has 5 nitrogen and oxygen atoms in total. The van der Waals surface area contributed by atoms with Crippen molar-refractivity contribution in [1.29, 1.82) is 0 Å². The van der Waals surface area contributed by atoms with Crippen LogP contribution < -0.4 is 10.6 Å². The summed E-state index contributed by atoms with van der Waals surface area (Å²) in [4.78, 5) is 11.3. The zero-order chi connectivity index (χ0) is 12.5. The third-order valence-corrected chi connectivity index (χ3v) is 2.18. The summed E-state index contributed by atoms with van der Waals surface area (Å²) < 4.78 is 4.82. The Balaban J connectivity index is 2.14. The highest BCUT2D eigenvalue weighted by atomic mass is 16.5. The summed E-state index contributed by atoms with van der Waals surface area (Å²) in [5, 5.41) is 14.8. The van der Waals surface area contributed by atoms with Crippen molar-refractivity contribution in [2.45, 2.75) is 6.54 Å². The van der Waals surface area contributed by atoms with Gasteiger partial charge in [-0.15, -0.1) is 0 Å². The fraction of sp³-hybridized carbons (Fsp3) is 0.417. The van der Waals surface area contributed by atoms with E-state index in [2.05, 4.69) is 10.6 Å².